The van der Waals surface area contributed by atoms with Gasteiger partial charge in [0.1, 0.15) is 0 Å². The molecule has 5 heteroatoms. The van der Waals surface area contributed by atoms with Gasteiger partial charge in [0, 0.05) is 13.1 Å². The van der Waals surface area contributed by atoms with Crippen molar-refractivity contribution in [1.29, 1.82) is 0 Å². The van der Waals surface area contributed by atoms with Gasteiger partial charge in [-0.3, -0.25) is 0 Å². The first-order valence-corrected chi connectivity index (χ1v) is 5.88. The summed E-state index contributed by atoms with van der Waals surface area (Å²) in [6.07, 6.45) is 4.84. The fourth-order valence-electron chi connectivity index (χ4n) is 1.48. The van der Waals surface area contributed by atoms with Gasteiger partial charge >= 0.3 is 11.9 Å². The summed E-state index contributed by atoms with van der Waals surface area (Å²) in [5, 5.41) is 1.53. The van der Waals surface area contributed by atoms with Gasteiger partial charge in [-0.2, -0.15) is 0 Å². The van der Waals surface area contributed by atoms with Gasteiger partial charge in [-0.15, -0.1) is 5.06 Å². The summed E-state index contributed by atoms with van der Waals surface area (Å²) in [6, 6.07) is 0. The minimum Gasteiger partial charge on any atom is -0.457 e. The SMILES string of the molecule is CCCCOC(=O)C(=O)ON1CCCCC1. The summed E-state index contributed by atoms with van der Waals surface area (Å²) in [6.45, 7) is 3.67. The largest absolute Gasteiger partial charge is 0.457 e. The van der Waals surface area contributed by atoms with Crippen molar-refractivity contribution in [2.24, 2.45) is 0 Å². The number of unbranched alkanes of at least 4 members (excludes halogenated alkanes) is 1. The highest BCUT2D eigenvalue weighted by molar-refractivity contribution is 6.29. The van der Waals surface area contributed by atoms with Crippen molar-refractivity contribution >= 4 is 11.9 Å². The fourth-order valence-corrected chi connectivity index (χ4v) is 1.48. The minimum atomic E-state index is -0.905. The van der Waals surface area contributed by atoms with E-state index in [0.29, 0.717) is 13.1 Å². The van der Waals surface area contributed by atoms with E-state index in [1.165, 1.54) is 5.06 Å². The quantitative estimate of drug-likeness (QED) is 0.413. The molecule has 0 saturated carbocycles. The zero-order valence-corrected chi connectivity index (χ0v) is 9.74. The lowest BCUT2D eigenvalue weighted by Crippen LogP contribution is -2.35. The van der Waals surface area contributed by atoms with E-state index in [1.54, 1.807) is 0 Å². The molecule has 1 rings (SSSR count). The van der Waals surface area contributed by atoms with Crippen LogP contribution in [0.15, 0.2) is 0 Å². The molecule has 1 aliphatic heterocycles. The molecule has 0 aromatic carbocycles. The van der Waals surface area contributed by atoms with E-state index in [1.807, 2.05) is 6.92 Å². The maximum atomic E-state index is 11.3. The molecule has 92 valence electrons. The minimum absolute atomic E-state index is 0.282. The van der Waals surface area contributed by atoms with Crippen LogP contribution in [0.1, 0.15) is 39.0 Å². The Morgan fingerprint density at radius 2 is 1.81 bits per heavy atom. The van der Waals surface area contributed by atoms with E-state index >= 15 is 0 Å². The highest BCUT2D eigenvalue weighted by atomic mass is 16.7. The molecule has 1 heterocycles. The topological polar surface area (TPSA) is 55.8 Å². The number of rotatable bonds is 4. The molecular weight excluding hydrogens is 210 g/mol. The van der Waals surface area contributed by atoms with Crippen LogP contribution in [0.25, 0.3) is 0 Å². The van der Waals surface area contributed by atoms with Crippen molar-refractivity contribution < 1.29 is 19.2 Å². The van der Waals surface area contributed by atoms with E-state index < -0.39 is 11.9 Å². The maximum absolute atomic E-state index is 11.3. The van der Waals surface area contributed by atoms with Crippen LogP contribution >= 0.6 is 0 Å². The van der Waals surface area contributed by atoms with Crippen LogP contribution in [0.2, 0.25) is 0 Å². The zero-order chi connectivity index (χ0) is 11.8. The van der Waals surface area contributed by atoms with Gasteiger partial charge in [-0.1, -0.05) is 19.8 Å². The third-order valence-corrected chi connectivity index (χ3v) is 2.42. The predicted octanol–water partition coefficient (Wildman–Crippen LogP) is 1.27. The second-order valence-corrected chi connectivity index (χ2v) is 3.86. The predicted molar refractivity (Wildman–Crippen MR) is 57.4 cm³/mol. The number of hydroxylamine groups is 2. The van der Waals surface area contributed by atoms with Gasteiger partial charge in [0.25, 0.3) is 0 Å². The first kappa shape index (κ1) is 13.0. The van der Waals surface area contributed by atoms with Gasteiger partial charge in [0.05, 0.1) is 6.61 Å². The number of hydrogen-bond acceptors (Lipinski definition) is 5. The summed E-state index contributed by atoms with van der Waals surface area (Å²) in [7, 11) is 0. The number of nitrogens with zero attached hydrogens (tertiary/aromatic N) is 1. The van der Waals surface area contributed by atoms with Crippen molar-refractivity contribution in [3.05, 3.63) is 0 Å². The molecule has 0 spiro atoms. The third-order valence-electron chi connectivity index (χ3n) is 2.42. The van der Waals surface area contributed by atoms with Crippen LogP contribution in [0.4, 0.5) is 0 Å². The van der Waals surface area contributed by atoms with Crippen LogP contribution in [0.5, 0.6) is 0 Å². The molecule has 0 aromatic heterocycles. The first-order valence-electron chi connectivity index (χ1n) is 5.88. The average molecular weight is 229 g/mol. The second kappa shape index (κ2) is 7.22. The molecule has 0 N–H and O–H groups in total. The Labute approximate surface area is 95.6 Å². The van der Waals surface area contributed by atoms with Crippen LogP contribution in [-0.2, 0) is 19.2 Å². The van der Waals surface area contributed by atoms with E-state index in [-0.39, 0.29) is 6.61 Å². The van der Waals surface area contributed by atoms with Gasteiger partial charge in [-0.05, 0) is 19.3 Å². The third kappa shape index (κ3) is 4.61. The summed E-state index contributed by atoms with van der Waals surface area (Å²) in [5.41, 5.74) is 0. The molecule has 1 fully saturated rings. The highest BCUT2D eigenvalue weighted by Gasteiger charge is 2.22. The van der Waals surface area contributed by atoms with Crippen molar-refractivity contribution in [2.75, 3.05) is 19.7 Å². The number of carbonyl (C=O) groups excluding carboxylic acids is 2. The Hall–Kier alpha value is -1.10. The molecule has 0 aromatic rings. The molecule has 0 aliphatic carbocycles. The van der Waals surface area contributed by atoms with E-state index in [4.69, 9.17) is 9.57 Å². The Morgan fingerprint density at radius 3 is 2.44 bits per heavy atom. The molecule has 0 atom stereocenters. The fraction of sp³-hybridized carbons (Fsp3) is 0.818. The van der Waals surface area contributed by atoms with Gasteiger partial charge in [0.15, 0.2) is 0 Å². The van der Waals surface area contributed by atoms with E-state index in [0.717, 1.165) is 32.1 Å². The molecule has 0 amide bonds. The molecule has 5 nitrogen and oxygen atoms in total. The van der Waals surface area contributed by atoms with Gasteiger partial charge in [-0.25, -0.2) is 9.59 Å². The number of esters is 1. The van der Waals surface area contributed by atoms with E-state index in [2.05, 4.69) is 0 Å². The molecule has 0 unspecified atom stereocenters. The number of ether oxygens (including phenoxy) is 1. The van der Waals surface area contributed by atoms with Crippen LogP contribution in [-0.4, -0.2) is 36.7 Å². The number of piperidine rings is 1. The number of carbonyl (C=O) groups is 2. The second-order valence-electron chi connectivity index (χ2n) is 3.86. The highest BCUT2D eigenvalue weighted by Crippen LogP contribution is 2.09. The van der Waals surface area contributed by atoms with E-state index in [9.17, 15) is 9.59 Å². The molecule has 0 radical (unpaired) electrons. The molecule has 1 aliphatic rings. The van der Waals surface area contributed by atoms with Crippen LogP contribution in [0.3, 0.4) is 0 Å². The molecule has 16 heavy (non-hydrogen) atoms. The number of hydrogen-bond donors (Lipinski definition) is 0. The van der Waals surface area contributed by atoms with Crippen molar-refractivity contribution in [3.63, 3.8) is 0 Å². The smallest absolute Gasteiger partial charge is 0.436 e. The van der Waals surface area contributed by atoms with Crippen molar-refractivity contribution in [3.8, 4) is 0 Å². The molecule has 1 saturated heterocycles. The average Bonchev–Trinajstić information content (AvgIpc) is 2.30. The Morgan fingerprint density at radius 1 is 1.12 bits per heavy atom. The zero-order valence-electron chi connectivity index (χ0n) is 9.74. The Kier molecular flexibility index (Phi) is 5.85. The lowest BCUT2D eigenvalue weighted by molar-refractivity contribution is -0.202. The standard InChI is InChI=1S/C11H19NO4/c1-2-3-9-15-10(13)11(14)16-12-7-5-4-6-8-12/h2-9H2,1H3. The Balaban J connectivity index is 2.19. The summed E-state index contributed by atoms with van der Waals surface area (Å²) in [4.78, 5) is 27.3. The normalized spacial score (nSPS) is 16.8. The summed E-state index contributed by atoms with van der Waals surface area (Å²) < 4.78 is 4.75. The van der Waals surface area contributed by atoms with Crippen LogP contribution < -0.4 is 0 Å². The van der Waals surface area contributed by atoms with Gasteiger partial charge in [0.2, 0.25) is 0 Å². The van der Waals surface area contributed by atoms with Crippen molar-refractivity contribution in [1.82, 2.24) is 5.06 Å². The molecule has 0 bridgehead atoms. The van der Waals surface area contributed by atoms with Crippen LogP contribution in [0, 0.1) is 0 Å². The van der Waals surface area contributed by atoms with Crippen molar-refractivity contribution in [2.45, 2.75) is 39.0 Å². The lowest BCUT2D eigenvalue weighted by Gasteiger charge is -2.24. The van der Waals surface area contributed by atoms with Gasteiger partial charge < -0.3 is 9.57 Å². The monoisotopic (exact) mass is 229 g/mol. The summed E-state index contributed by atoms with van der Waals surface area (Å²) in [5.74, 6) is -1.79. The maximum Gasteiger partial charge on any atom is 0.436 e. The first-order chi connectivity index (χ1) is 7.74. The molecular formula is C11H19NO4. The lowest BCUT2D eigenvalue weighted by atomic mass is 10.2. The Bertz CT molecular complexity index is 236. The summed E-state index contributed by atoms with van der Waals surface area (Å²) >= 11 is 0.